The first-order valence-corrected chi connectivity index (χ1v) is 12.6. The number of carbonyl (C=O) groups is 1. The number of nitrogens with zero attached hydrogens (tertiary/aromatic N) is 4. The van der Waals surface area contributed by atoms with E-state index in [0.717, 1.165) is 62.2 Å². The summed E-state index contributed by atoms with van der Waals surface area (Å²) in [6.45, 7) is 5.28. The van der Waals surface area contributed by atoms with Crippen molar-refractivity contribution >= 4 is 5.91 Å². The summed E-state index contributed by atoms with van der Waals surface area (Å²) in [4.78, 5) is 21.7. The molecule has 1 amide bonds. The average Bonchev–Trinajstić information content (AvgIpc) is 3.46. The van der Waals surface area contributed by atoms with Crippen molar-refractivity contribution in [3.05, 3.63) is 88.8 Å². The molecule has 0 bridgehead atoms. The number of carbonyl (C=O) groups excluding carboxylic acids is 1. The topological polar surface area (TPSA) is 50.6 Å². The van der Waals surface area contributed by atoms with Crippen LogP contribution in [0.1, 0.15) is 47.8 Å². The number of fused-ring (bicyclic) bond motifs is 2. The minimum absolute atomic E-state index is 0.220. The fraction of sp³-hybridized carbons (Fsp3) is 0.429. The molecular formula is C28H31F3N4O2. The molecule has 1 aromatic heterocycles. The van der Waals surface area contributed by atoms with E-state index in [4.69, 9.17) is 4.74 Å². The fourth-order valence-electron chi connectivity index (χ4n) is 5.56. The van der Waals surface area contributed by atoms with E-state index in [1.807, 2.05) is 6.07 Å². The third kappa shape index (κ3) is 5.02. The number of likely N-dealkylation sites (tertiary alicyclic amines) is 1. The van der Waals surface area contributed by atoms with Crippen molar-refractivity contribution in [2.75, 3.05) is 33.2 Å². The Morgan fingerprint density at radius 3 is 2.62 bits per heavy atom. The molecule has 9 heteroatoms. The lowest BCUT2D eigenvalue weighted by atomic mass is 9.83. The minimum Gasteiger partial charge on any atom is -0.365 e. The van der Waals surface area contributed by atoms with Gasteiger partial charge in [-0.1, -0.05) is 12.1 Å². The third-order valence-electron chi connectivity index (χ3n) is 7.71. The summed E-state index contributed by atoms with van der Waals surface area (Å²) in [6, 6.07) is 7.64. The molecule has 0 saturated carbocycles. The Balaban J connectivity index is 1.19. The van der Waals surface area contributed by atoms with E-state index in [0.29, 0.717) is 24.5 Å². The van der Waals surface area contributed by atoms with Crippen LogP contribution in [0.4, 0.5) is 13.2 Å². The predicted molar refractivity (Wildman–Crippen MR) is 132 cm³/mol. The minimum atomic E-state index is -0.991. The van der Waals surface area contributed by atoms with E-state index in [-0.39, 0.29) is 11.7 Å². The van der Waals surface area contributed by atoms with Crippen LogP contribution in [0.25, 0.3) is 0 Å². The molecule has 0 aliphatic carbocycles. The van der Waals surface area contributed by atoms with Gasteiger partial charge in [0.05, 0.1) is 12.2 Å². The van der Waals surface area contributed by atoms with Crippen LogP contribution in [0.2, 0.25) is 0 Å². The number of ether oxygens (including phenoxy) is 1. The molecule has 5 rings (SSSR count). The van der Waals surface area contributed by atoms with Crippen LogP contribution in [0.3, 0.4) is 0 Å². The molecular weight excluding hydrogens is 481 g/mol. The second-order valence-corrected chi connectivity index (χ2v) is 10.00. The lowest BCUT2D eigenvalue weighted by Crippen LogP contribution is -2.43. The van der Waals surface area contributed by atoms with Crippen LogP contribution in [0, 0.1) is 24.4 Å². The monoisotopic (exact) mass is 512 g/mol. The van der Waals surface area contributed by atoms with Crippen LogP contribution in [0.15, 0.2) is 48.8 Å². The van der Waals surface area contributed by atoms with E-state index < -0.39 is 23.3 Å². The maximum Gasteiger partial charge on any atom is 0.250 e. The summed E-state index contributed by atoms with van der Waals surface area (Å²) < 4.78 is 49.3. The summed E-state index contributed by atoms with van der Waals surface area (Å²) >= 11 is 0. The Kier molecular flexibility index (Phi) is 7.09. The van der Waals surface area contributed by atoms with Crippen LogP contribution in [-0.2, 0) is 21.7 Å². The first kappa shape index (κ1) is 25.5. The fourth-order valence-corrected chi connectivity index (χ4v) is 5.56. The maximum atomic E-state index is 14.0. The molecule has 2 aliphatic rings. The van der Waals surface area contributed by atoms with Crippen molar-refractivity contribution in [1.82, 2.24) is 19.4 Å². The lowest BCUT2D eigenvalue weighted by Gasteiger charge is -2.39. The van der Waals surface area contributed by atoms with Crippen molar-refractivity contribution in [1.29, 1.82) is 0 Å². The highest BCUT2D eigenvalue weighted by Gasteiger charge is 2.42. The zero-order valence-corrected chi connectivity index (χ0v) is 21.1. The van der Waals surface area contributed by atoms with Gasteiger partial charge in [-0.3, -0.25) is 4.79 Å². The average molecular weight is 513 g/mol. The highest BCUT2D eigenvalue weighted by molar-refractivity contribution is 5.83. The Bertz CT molecular complexity index is 1290. The highest BCUT2D eigenvalue weighted by atomic mass is 19.2. The number of hydrogen-bond acceptors (Lipinski definition) is 4. The summed E-state index contributed by atoms with van der Waals surface area (Å²) in [5, 5.41) is 0. The molecule has 1 spiro atoms. The van der Waals surface area contributed by atoms with Crippen LogP contribution < -0.4 is 0 Å². The van der Waals surface area contributed by atoms with Crippen LogP contribution in [0.5, 0.6) is 0 Å². The summed E-state index contributed by atoms with van der Waals surface area (Å²) in [5.41, 5.74) is 2.02. The van der Waals surface area contributed by atoms with Gasteiger partial charge < -0.3 is 19.1 Å². The molecule has 1 atom stereocenters. The van der Waals surface area contributed by atoms with E-state index in [1.165, 1.54) is 12.1 Å². The number of rotatable bonds is 7. The van der Waals surface area contributed by atoms with E-state index >= 15 is 0 Å². The van der Waals surface area contributed by atoms with Crippen molar-refractivity contribution < 1.29 is 22.7 Å². The van der Waals surface area contributed by atoms with Crippen molar-refractivity contribution in [3.8, 4) is 0 Å². The second kappa shape index (κ2) is 10.3. The summed E-state index contributed by atoms with van der Waals surface area (Å²) in [6.07, 6.45) is 5.62. The number of halogens is 3. The standard InChI is InChI=1S/C28H31F3N4O2/c1-19-32-10-15-35(19)26(20-5-7-24(30)25(31)16-20)27(36)33(2)11-3-12-34-13-8-28(9-14-34)23-17-22(29)6-4-21(23)18-37-28/h4-7,10,15-17,26H,3,8-9,11-14,18H2,1-2H3. The third-order valence-corrected chi connectivity index (χ3v) is 7.71. The zero-order chi connectivity index (χ0) is 26.2. The second-order valence-electron chi connectivity index (χ2n) is 10.00. The smallest absolute Gasteiger partial charge is 0.250 e. The largest absolute Gasteiger partial charge is 0.365 e. The number of imidazole rings is 1. The van der Waals surface area contributed by atoms with Gasteiger partial charge in [-0.25, -0.2) is 18.2 Å². The molecule has 0 N–H and O–H groups in total. The SMILES string of the molecule is Cc1nccn1C(C(=O)N(C)CCCN1CCC2(CC1)OCc1ccc(F)cc12)c1ccc(F)c(F)c1. The van der Waals surface area contributed by atoms with Gasteiger partial charge in [0.15, 0.2) is 11.6 Å². The highest BCUT2D eigenvalue weighted by Crippen LogP contribution is 2.44. The molecule has 1 saturated heterocycles. The number of hydrogen-bond donors (Lipinski definition) is 0. The molecule has 0 radical (unpaired) electrons. The number of benzene rings is 2. The lowest BCUT2D eigenvalue weighted by molar-refractivity contribution is -0.132. The quantitative estimate of drug-likeness (QED) is 0.466. The Labute approximate surface area is 214 Å². The van der Waals surface area contributed by atoms with Gasteiger partial charge in [0.1, 0.15) is 17.7 Å². The molecule has 37 heavy (non-hydrogen) atoms. The number of amides is 1. The molecule has 2 aromatic carbocycles. The van der Waals surface area contributed by atoms with Crippen LogP contribution in [-0.4, -0.2) is 58.5 Å². The molecule has 3 heterocycles. The Morgan fingerprint density at radius 2 is 1.92 bits per heavy atom. The molecule has 2 aliphatic heterocycles. The zero-order valence-electron chi connectivity index (χ0n) is 21.1. The summed E-state index contributed by atoms with van der Waals surface area (Å²) in [5.74, 6) is -1.79. The van der Waals surface area contributed by atoms with Crippen LogP contribution >= 0.6 is 0 Å². The van der Waals surface area contributed by atoms with Gasteiger partial charge in [0.25, 0.3) is 0 Å². The summed E-state index contributed by atoms with van der Waals surface area (Å²) in [7, 11) is 1.73. The number of piperidine rings is 1. The van der Waals surface area contributed by atoms with Gasteiger partial charge in [0, 0.05) is 39.1 Å². The maximum absolute atomic E-state index is 14.0. The van der Waals surface area contributed by atoms with Gasteiger partial charge in [-0.05, 0) is 73.7 Å². The molecule has 3 aromatic rings. The van der Waals surface area contributed by atoms with Gasteiger partial charge in [0.2, 0.25) is 5.91 Å². The van der Waals surface area contributed by atoms with Gasteiger partial charge in [-0.15, -0.1) is 0 Å². The molecule has 6 nitrogen and oxygen atoms in total. The number of aryl methyl sites for hydroxylation is 1. The van der Waals surface area contributed by atoms with E-state index in [1.54, 1.807) is 41.9 Å². The van der Waals surface area contributed by atoms with Gasteiger partial charge >= 0.3 is 0 Å². The molecule has 1 unspecified atom stereocenters. The van der Waals surface area contributed by atoms with Crippen molar-refractivity contribution in [2.45, 2.75) is 44.4 Å². The first-order chi connectivity index (χ1) is 17.8. The molecule has 1 fully saturated rings. The first-order valence-electron chi connectivity index (χ1n) is 12.6. The van der Waals surface area contributed by atoms with E-state index in [9.17, 15) is 18.0 Å². The Hall–Kier alpha value is -3.17. The number of likely N-dealkylation sites (N-methyl/N-ethyl adjacent to an activating group) is 1. The normalized spacial score (nSPS) is 17.6. The van der Waals surface area contributed by atoms with E-state index in [2.05, 4.69) is 9.88 Å². The number of aromatic nitrogens is 2. The van der Waals surface area contributed by atoms with Crippen molar-refractivity contribution in [3.63, 3.8) is 0 Å². The Morgan fingerprint density at radius 1 is 1.14 bits per heavy atom. The molecule has 196 valence electrons. The predicted octanol–water partition coefficient (Wildman–Crippen LogP) is 4.57. The van der Waals surface area contributed by atoms with Gasteiger partial charge in [-0.2, -0.15) is 0 Å². The van der Waals surface area contributed by atoms with Crippen molar-refractivity contribution in [2.24, 2.45) is 0 Å².